The number of aliphatic carboxylic acids is 1. The lowest BCUT2D eigenvalue weighted by atomic mass is 10.1. The number of ether oxygens (including phenoxy) is 1. The summed E-state index contributed by atoms with van der Waals surface area (Å²) in [7, 11) is 0. The Morgan fingerprint density at radius 2 is 2.16 bits per heavy atom. The van der Waals surface area contributed by atoms with E-state index >= 15 is 0 Å². The molecule has 0 aliphatic rings. The monoisotopic (exact) mass is 353 g/mol. The van der Waals surface area contributed by atoms with Crippen LogP contribution in [0.25, 0.3) is 11.3 Å². The minimum atomic E-state index is -2.96. The van der Waals surface area contributed by atoms with Gasteiger partial charge in [-0.25, -0.2) is 0 Å². The summed E-state index contributed by atoms with van der Waals surface area (Å²) in [5.74, 6) is -1.69. The van der Waals surface area contributed by atoms with Crippen LogP contribution in [0.15, 0.2) is 30.5 Å². The average Bonchev–Trinajstić information content (AvgIpc) is 3.02. The molecule has 0 fully saturated rings. The molecule has 0 saturated heterocycles. The summed E-state index contributed by atoms with van der Waals surface area (Å²) >= 11 is 0. The molecule has 2 aromatic rings. The highest BCUT2D eigenvalue weighted by molar-refractivity contribution is 6.00. The maximum Gasteiger partial charge on any atom is 0.387 e. The quantitative estimate of drug-likeness (QED) is 0.761. The van der Waals surface area contributed by atoms with Gasteiger partial charge in [-0.2, -0.15) is 13.9 Å². The second kappa shape index (κ2) is 8.22. The first-order valence-corrected chi connectivity index (χ1v) is 7.52. The largest absolute Gasteiger partial charge is 0.480 e. The van der Waals surface area contributed by atoms with Crippen LogP contribution in [-0.2, 0) is 4.79 Å². The minimum absolute atomic E-state index is 0.0588. The van der Waals surface area contributed by atoms with Crippen LogP contribution in [0.1, 0.15) is 23.7 Å². The second-order valence-corrected chi connectivity index (χ2v) is 5.19. The number of carbonyl (C=O) groups excluding carboxylic acids is 1. The van der Waals surface area contributed by atoms with Gasteiger partial charge in [0.05, 0.1) is 17.5 Å². The summed E-state index contributed by atoms with van der Waals surface area (Å²) in [4.78, 5) is 24.8. The Hall–Kier alpha value is -2.97. The molecule has 0 aliphatic carbocycles. The molecule has 0 aliphatic heterocycles. The van der Waals surface area contributed by atoms with Crippen molar-refractivity contribution in [3.8, 4) is 17.0 Å². The summed E-state index contributed by atoms with van der Waals surface area (Å²) in [5.41, 5.74) is 0.880. The van der Waals surface area contributed by atoms with Crippen molar-refractivity contribution in [1.82, 2.24) is 15.1 Å². The zero-order valence-corrected chi connectivity index (χ0v) is 13.4. The fourth-order valence-electron chi connectivity index (χ4n) is 2.35. The number of alkyl halides is 2. The number of carboxylic acids is 1. The van der Waals surface area contributed by atoms with Gasteiger partial charge in [-0.15, -0.1) is 0 Å². The van der Waals surface area contributed by atoms with Crippen LogP contribution in [0.5, 0.6) is 5.75 Å². The maximum absolute atomic E-state index is 12.6. The molecule has 1 aromatic carbocycles. The van der Waals surface area contributed by atoms with Crippen molar-refractivity contribution in [2.45, 2.75) is 20.0 Å². The maximum atomic E-state index is 12.6. The number of aromatic amines is 1. The van der Waals surface area contributed by atoms with Crippen LogP contribution >= 0.6 is 0 Å². The Morgan fingerprint density at radius 1 is 1.40 bits per heavy atom. The first kappa shape index (κ1) is 18.4. The molecule has 1 aromatic heterocycles. The van der Waals surface area contributed by atoms with Crippen molar-refractivity contribution >= 4 is 11.9 Å². The average molecular weight is 353 g/mol. The highest BCUT2D eigenvalue weighted by Gasteiger charge is 2.23. The smallest absolute Gasteiger partial charge is 0.387 e. The number of aromatic nitrogens is 2. The van der Waals surface area contributed by atoms with Gasteiger partial charge in [-0.05, 0) is 18.6 Å². The van der Waals surface area contributed by atoms with E-state index in [1.54, 1.807) is 6.07 Å². The van der Waals surface area contributed by atoms with E-state index in [-0.39, 0.29) is 17.9 Å². The molecule has 0 bridgehead atoms. The number of hydrogen-bond donors (Lipinski definition) is 2. The first-order chi connectivity index (χ1) is 11.9. The second-order valence-electron chi connectivity index (χ2n) is 5.19. The van der Waals surface area contributed by atoms with Crippen molar-refractivity contribution in [3.05, 3.63) is 36.0 Å². The van der Waals surface area contributed by atoms with E-state index in [2.05, 4.69) is 14.9 Å². The highest BCUT2D eigenvalue weighted by atomic mass is 19.3. The molecule has 1 amide bonds. The lowest BCUT2D eigenvalue weighted by Crippen LogP contribution is -2.36. The first-order valence-electron chi connectivity index (χ1n) is 7.52. The van der Waals surface area contributed by atoms with Crippen LogP contribution in [0.3, 0.4) is 0 Å². The van der Waals surface area contributed by atoms with Gasteiger partial charge in [0.1, 0.15) is 12.3 Å². The molecule has 9 heteroatoms. The molecule has 0 radical (unpaired) electrons. The summed E-state index contributed by atoms with van der Waals surface area (Å²) < 4.78 is 29.1. The topological polar surface area (TPSA) is 95.5 Å². The molecule has 0 spiro atoms. The number of nitrogens with zero attached hydrogens (tertiary/aromatic N) is 2. The van der Waals surface area contributed by atoms with Crippen molar-refractivity contribution < 1.29 is 28.2 Å². The van der Waals surface area contributed by atoms with Gasteiger partial charge in [0.2, 0.25) is 0 Å². The van der Waals surface area contributed by atoms with E-state index in [1.165, 1.54) is 29.3 Å². The molecule has 1 heterocycles. The molecular weight excluding hydrogens is 336 g/mol. The molecule has 0 saturated carbocycles. The number of nitrogens with one attached hydrogen (secondary N) is 1. The fourth-order valence-corrected chi connectivity index (χ4v) is 2.35. The number of H-pyrrole nitrogens is 1. The minimum Gasteiger partial charge on any atom is -0.480 e. The number of carbonyl (C=O) groups is 2. The van der Waals surface area contributed by atoms with E-state index in [1.807, 2.05) is 6.92 Å². The summed E-state index contributed by atoms with van der Waals surface area (Å²) in [5, 5.41) is 15.4. The van der Waals surface area contributed by atoms with Gasteiger partial charge in [-0.3, -0.25) is 14.7 Å². The number of halogens is 2. The Labute approximate surface area is 142 Å². The van der Waals surface area contributed by atoms with Crippen LogP contribution in [0.2, 0.25) is 0 Å². The number of amides is 1. The Kier molecular flexibility index (Phi) is 6.04. The van der Waals surface area contributed by atoms with Gasteiger partial charge in [-0.1, -0.05) is 19.1 Å². The van der Waals surface area contributed by atoms with E-state index in [0.717, 1.165) is 0 Å². The molecule has 0 unspecified atom stereocenters. The van der Waals surface area contributed by atoms with Crippen molar-refractivity contribution in [1.29, 1.82) is 0 Å². The molecule has 0 atom stereocenters. The third-order valence-corrected chi connectivity index (χ3v) is 3.32. The zero-order chi connectivity index (χ0) is 18.4. The Bertz CT molecular complexity index is 748. The SMILES string of the molecule is CCCN(CC(=O)O)C(=O)c1cn[nH]c1-c1cccc(OC(F)F)c1. The Balaban J connectivity index is 2.33. The number of rotatable bonds is 8. The lowest BCUT2D eigenvalue weighted by Gasteiger charge is -2.19. The summed E-state index contributed by atoms with van der Waals surface area (Å²) in [6.07, 6.45) is 1.87. The van der Waals surface area contributed by atoms with Crippen LogP contribution in [0, 0.1) is 0 Å². The van der Waals surface area contributed by atoms with Crippen molar-refractivity contribution in [3.63, 3.8) is 0 Å². The lowest BCUT2D eigenvalue weighted by molar-refractivity contribution is -0.137. The van der Waals surface area contributed by atoms with Gasteiger partial charge in [0, 0.05) is 12.1 Å². The summed E-state index contributed by atoms with van der Waals surface area (Å²) in [6.45, 7) is -1.31. The molecular formula is C16H17F2N3O4. The number of hydrogen-bond acceptors (Lipinski definition) is 4. The van der Waals surface area contributed by atoms with Gasteiger partial charge in [0.15, 0.2) is 0 Å². The number of benzene rings is 1. The van der Waals surface area contributed by atoms with Crippen LogP contribution in [-0.4, -0.2) is 51.8 Å². The van der Waals surface area contributed by atoms with Crippen molar-refractivity contribution in [2.75, 3.05) is 13.1 Å². The molecule has 2 N–H and O–H groups in total. The molecule has 7 nitrogen and oxygen atoms in total. The van der Waals surface area contributed by atoms with E-state index in [9.17, 15) is 18.4 Å². The third kappa shape index (κ3) is 4.75. The number of carboxylic acid groups (broad SMARTS) is 1. The van der Waals surface area contributed by atoms with Crippen LogP contribution < -0.4 is 4.74 Å². The summed E-state index contributed by atoms with van der Waals surface area (Å²) in [6, 6.07) is 5.81. The van der Waals surface area contributed by atoms with Crippen LogP contribution in [0.4, 0.5) is 8.78 Å². The Morgan fingerprint density at radius 3 is 2.80 bits per heavy atom. The van der Waals surface area contributed by atoms with E-state index in [4.69, 9.17) is 5.11 Å². The standard InChI is InChI=1S/C16H17F2N3O4/c1-2-6-21(9-13(22)23)15(24)12-8-19-20-14(12)10-4-3-5-11(7-10)25-16(17)18/h3-5,7-8,16H,2,6,9H2,1H3,(H,19,20)(H,22,23). The predicted molar refractivity (Wildman–Crippen MR) is 84.5 cm³/mol. The van der Waals surface area contributed by atoms with Gasteiger partial charge < -0.3 is 14.7 Å². The molecule has 2 rings (SSSR count). The third-order valence-electron chi connectivity index (χ3n) is 3.32. The van der Waals surface area contributed by atoms with E-state index < -0.39 is 25.0 Å². The van der Waals surface area contributed by atoms with Gasteiger partial charge in [0.25, 0.3) is 5.91 Å². The zero-order valence-electron chi connectivity index (χ0n) is 13.4. The highest BCUT2D eigenvalue weighted by Crippen LogP contribution is 2.26. The van der Waals surface area contributed by atoms with E-state index in [0.29, 0.717) is 17.7 Å². The predicted octanol–water partition coefficient (Wildman–Crippen LogP) is 2.61. The normalized spacial score (nSPS) is 10.7. The van der Waals surface area contributed by atoms with Gasteiger partial charge >= 0.3 is 12.6 Å². The fraction of sp³-hybridized carbons (Fsp3) is 0.312. The molecule has 25 heavy (non-hydrogen) atoms. The molecule has 134 valence electrons. The van der Waals surface area contributed by atoms with Crippen molar-refractivity contribution in [2.24, 2.45) is 0 Å².